The second kappa shape index (κ2) is 10.6. The van der Waals surface area contributed by atoms with Crippen LogP contribution in [0.4, 0.5) is 0 Å². The summed E-state index contributed by atoms with van der Waals surface area (Å²) in [6.07, 6.45) is 0.735. The first kappa shape index (κ1) is 27.4. The summed E-state index contributed by atoms with van der Waals surface area (Å²) in [7, 11) is 0. The Morgan fingerprint density at radius 1 is 0.921 bits per heavy atom. The van der Waals surface area contributed by atoms with Crippen LogP contribution in [-0.2, 0) is 42.5 Å². The fourth-order valence-electron chi connectivity index (χ4n) is 4.26. The topological polar surface area (TPSA) is 94.9 Å². The minimum Gasteiger partial charge on any atom is -0.460 e. The lowest BCUT2D eigenvalue weighted by Gasteiger charge is -2.40. The first-order valence-electron chi connectivity index (χ1n) is 11.8. The number of halogens is 2. The number of nitrogens with zero attached hydrogens (tertiary/aromatic N) is 2. The molecular formula is C28H26Cl2N2O6. The average molecular weight is 557 g/mol. The number of aromatic nitrogens is 1. The van der Waals surface area contributed by atoms with Crippen LogP contribution in [0.1, 0.15) is 48.8 Å². The average Bonchev–Trinajstić information content (AvgIpc) is 3.35. The number of imide groups is 1. The molecule has 10 heteroatoms. The third-order valence-electron chi connectivity index (χ3n) is 5.92. The van der Waals surface area contributed by atoms with Crippen molar-refractivity contribution in [3.8, 4) is 0 Å². The Labute approximate surface area is 230 Å². The summed E-state index contributed by atoms with van der Waals surface area (Å²) in [5.74, 6) is -3.34. The summed E-state index contributed by atoms with van der Waals surface area (Å²) in [6.45, 7) is 4.68. The van der Waals surface area contributed by atoms with Gasteiger partial charge in [0.15, 0.2) is 0 Å². The van der Waals surface area contributed by atoms with Crippen molar-refractivity contribution in [2.24, 2.45) is 0 Å². The normalized spacial score (nSPS) is 17.2. The smallest absolute Gasteiger partial charge is 0.343 e. The third kappa shape index (κ3) is 5.47. The van der Waals surface area contributed by atoms with E-state index in [0.717, 1.165) is 4.90 Å². The molecule has 0 radical (unpaired) electrons. The molecule has 2 aromatic carbocycles. The van der Waals surface area contributed by atoms with Crippen molar-refractivity contribution in [3.05, 3.63) is 93.7 Å². The van der Waals surface area contributed by atoms with Crippen LogP contribution in [0.25, 0.3) is 0 Å². The van der Waals surface area contributed by atoms with Crippen molar-refractivity contribution < 1.29 is 28.7 Å². The van der Waals surface area contributed by atoms with E-state index in [9.17, 15) is 19.2 Å². The van der Waals surface area contributed by atoms with Gasteiger partial charge < -0.3 is 14.0 Å². The Bertz CT molecular complexity index is 1400. The van der Waals surface area contributed by atoms with E-state index in [1.807, 2.05) is 6.07 Å². The summed E-state index contributed by atoms with van der Waals surface area (Å²) in [5, 5.41) is 0.552. The highest BCUT2D eigenvalue weighted by Gasteiger charge is 2.58. The van der Waals surface area contributed by atoms with Gasteiger partial charge in [-0.25, -0.2) is 4.79 Å². The summed E-state index contributed by atoms with van der Waals surface area (Å²) in [4.78, 5) is 55.4. The van der Waals surface area contributed by atoms with Crippen LogP contribution in [0.2, 0.25) is 10.0 Å². The molecule has 0 saturated carbocycles. The van der Waals surface area contributed by atoms with E-state index in [2.05, 4.69) is 0 Å². The zero-order chi connectivity index (χ0) is 27.7. The molecule has 0 spiro atoms. The molecule has 1 aliphatic heterocycles. The fraction of sp³-hybridized carbons (Fsp3) is 0.286. The Kier molecular flexibility index (Phi) is 7.67. The summed E-state index contributed by atoms with van der Waals surface area (Å²) in [5.41, 5.74) is -1.85. The predicted octanol–water partition coefficient (Wildman–Crippen LogP) is 5.15. The van der Waals surface area contributed by atoms with Crippen molar-refractivity contribution in [1.29, 1.82) is 0 Å². The van der Waals surface area contributed by atoms with E-state index < -0.39 is 41.3 Å². The zero-order valence-electron chi connectivity index (χ0n) is 21.1. The molecule has 0 saturated heterocycles. The summed E-state index contributed by atoms with van der Waals surface area (Å²) >= 11 is 12.2. The lowest BCUT2D eigenvalue weighted by molar-refractivity contribution is -0.174. The number of ether oxygens (including phenoxy) is 2. The van der Waals surface area contributed by atoms with Gasteiger partial charge in [-0.3, -0.25) is 19.3 Å². The first-order chi connectivity index (χ1) is 17.9. The number of rotatable bonds is 7. The SMILES string of the molecule is CC(C)(C)OC(=O)CC1(C(=O)OCc2ccccc2)C(=O)N(Cc2ccc(Cl)c(Cl)c2)C(=O)c2cccn21. The molecule has 1 unspecified atom stereocenters. The van der Waals surface area contributed by atoms with Gasteiger partial charge in [-0.1, -0.05) is 59.6 Å². The second-order valence-electron chi connectivity index (χ2n) is 9.89. The Morgan fingerprint density at radius 3 is 2.29 bits per heavy atom. The molecule has 1 aromatic heterocycles. The molecule has 38 heavy (non-hydrogen) atoms. The minimum atomic E-state index is -2.21. The van der Waals surface area contributed by atoms with Crippen LogP contribution in [0, 0.1) is 0 Å². The van der Waals surface area contributed by atoms with E-state index in [-0.39, 0.29) is 23.9 Å². The number of benzene rings is 2. The standard InChI is InChI=1S/C28H26Cl2N2O6/c1-27(2,3)38-23(33)15-28(26(36)37-17-18-8-5-4-6-9-18)25(35)31(24(34)22-10-7-13-32(22)28)16-19-11-12-20(29)21(30)14-19/h4-14H,15-17H2,1-3H3. The highest BCUT2D eigenvalue weighted by molar-refractivity contribution is 6.42. The molecule has 198 valence electrons. The van der Waals surface area contributed by atoms with Gasteiger partial charge in [-0.15, -0.1) is 0 Å². The highest BCUT2D eigenvalue weighted by Crippen LogP contribution is 2.36. The van der Waals surface area contributed by atoms with Crippen molar-refractivity contribution in [3.63, 3.8) is 0 Å². The van der Waals surface area contributed by atoms with Crippen LogP contribution in [0.3, 0.4) is 0 Å². The quantitative estimate of drug-likeness (QED) is 0.227. The molecule has 2 heterocycles. The van der Waals surface area contributed by atoms with Gasteiger partial charge in [0.2, 0.25) is 5.54 Å². The lowest BCUT2D eigenvalue weighted by atomic mass is 9.89. The van der Waals surface area contributed by atoms with E-state index in [1.54, 1.807) is 57.2 Å². The maximum atomic E-state index is 14.1. The van der Waals surface area contributed by atoms with E-state index in [0.29, 0.717) is 16.1 Å². The molecular weight excluding hydrogens is 531 g/mol. The second-order valence-corrected chi connectivity index (χ2v) is 10.7. The molecule has 8 nitrogen and oxygen atoms in total. The molecule has 1 atom stereocenters. The van der Waals surface area contributed by atoms with Crippen LogP contribution in [0.5, 0.6) is 0 Å². The predicted molar refractivity (Wildman–Crippen MR) is 140 cm³/mol. The van der Waals surface area contributed by atoms with E-state index in [4.69, 9.17) is 32.7 Å². The van der Waals surface area contributed by atoms with Gasteiger partial charge in [0.05, 0.1) is 23.0 Å². The maximum Gasteiger partial charge on any atom is 0.343 e. The number of carbonyl (C=O) groups is 4. The number of fused-ring (bicyclic) bond motifs is 1. The van der Waals surface area contributed by atoms with E-state index >= 15 is 0 Å². The fourth-order valence-corrected chi connectivity index (χ4v) is 4.58. The monoisotopic (exact) mass is 556 g/mol. The molecule has 4 rings (SSSR count). The summed E-state index contributed by atoms with van der Waals surface area (Å²) < 4.78 is 12.3. The Balaban J connectivity index is 1.78. The zero-order valence-corrected chi connectivity index (χ0v) is 22.6. The van der Waals surface area contributed by atoms with Crippen molar-refractivity contribution in [1.82, 2.24) is 9.47 Å². The number of esters is 2. The molecule has 0 bridgehead atoms. The number of hydrogen-bond donors (Lipinski definition) is 0. The van der Waals surface area contributed by atoms with Gasteiger partial charge in [0.1, 0.15) is 17.9 Å². The molecule has 2 amide bonds. The van der Waals surface area contributed by atoms with Crippen molar-refractivity contribution in [2.75, 3.05) is 0 Å². The minimum absolute atomic E-state index is 0.0462. The number of hydrogen-bond acceptors (Lipinski definition) is 6. The maximum absolute atomic E-state index is 14.1. The first-order valence-corrected chi connectivity index (χ1v) is 12.6. The molecule has 3 aromatic rings. The molecule has 1 aliphatic rings. The molecule has 0 fully saturated rings. The largest absolute Gasteiger partial charge is 0.460 e. The van der Waals surface area contributed by atoms with E-state index in [1.165, 1.54) is 29.0 Å². The number of carbonyl (C=O) groups excluding carboxylic acids is 4. The Morgan fingerprint density at radius 2 is 1.63 bits per heavy atom. The van der Waals surface area contributed by atoms with Crippen LogP contribution >= 0.6 is 23.2 Å². The Hall–Kier alpha value is -3.62. The molecule has 0 aliphatic carbocycles. The van der Waals surface area contributed by atoms with Gasteiger partial charge >= 0.3 is 11.9 Å². The number of amides is 2. The van der Waals surface area contributed by atoms with Gasteiger partial charge in [-0.2, -0.15) is 0 Å². The van der Waals surface area contributed by atoms with Crippen LogP contribution in [-0.4, -0.2) is 38.8 Å². The van der Waals surface area contributed by atoms with Crippen LogP contribution < -0.4 is 0 Å². The third-order valence-corrected chi connectivity index (χ3v) is 6.66. The van der Waals surface area contributed by atoms with Gasteiger partial charge in [-0.05, 0) is 56.2 Å². The summed E-state index contributed by atoms with van der Waals surface area (Å²) in [6, 6.07) is 16.6. The van der Waals surface area contributed by atoms with Crippen LogP contribution in [0.15, 0.2) is 66.9 Å². The molecule has 0 N–H and O–H groups in total. The van der Waals surface area contributed by atoms with Gasteiger partial charge in [0, 0.05) is 6.20 Å². The highest BCUT2D eigenvalue weighted by atomic mass is 35.5. The van der Waals surface area contributed by atoms with Crippen molar-refractivity contribution in [2.45, 2.75) is 51.5 Å². The van der Waals surface area contributed by atoms with Gasteiger partial charge in [0.25, 0.3) is 11.8 Å². The van der Waals surface area contributed by atoms with Crippen molar-refractivity contribution >= 4 is 47.0 Å². The lowest BCUT2D eigenvalue weighted by Crippen LogP contribution is -2.62.